The van der Waals surface area contributed by atoms with E-state index in [0.717, 1.165) is 27.1 Å². The van der Waals surface area contributed by atoms with Gasteiger partial charge < -0.3 is 15.2 Å². The molecule has 1 aliphatic rings. The van der Waals surface area contributed by atoms with Gasteiger partial charge >= 0.3 is 6.03 Å². The SMILES string of the molecule is C=CCN1C(=O)N/C(=C/c2cn(CC(=O)Nc3ccccc3)c3ccccc23)C1=O. The predicted molar refractivity (Wildman–Crippen MR) is 115 cm³/mol. The fraction of sp³-hybridized carbons (Fsp3) is 0.0870. The minimum Gasteiger partial charge on any atom is -0.337 e. The number of hydrogen-bond donors (Lipinski definition) is 2. The van der Waals surface area contributed by atoms with Gasteiger partial charge in [0.25, 0.3) is 5.91 Å². The Labute approximate surface area is 173 Å². The second-order valence-corrected chi connectivity index (χ2v) is 6.84. The average molecular weight is 400 g/mol. The van der Waals surface area contributed by atoms with E-state index in [1.54, 1.807) is 12.3 Å². The maximum atomic E-state index is 12.5. The van der Waals surface area contributed by atoms with E-state index in [1.807, 2.05) is 59.2 Å². The number of carbonyl (C=O) groups is 3. The predicted octanol–water partition coefficient (Wildman–Crippen LogP) is 3.36. The van der Waals surface area contributed by atoms with Crippen molar-refractivity contribution >= 4 is 40.5 Å². The highest BCUT2D eigenvalue weighted by Gasteiger charge is 2.32. The van der Waals surface area contributed by atoms with Gasteiger partial charge in [0, 0.05) is 34.9 Å². The van der Waals surface area contributed by atoms with E-state index in [4.69, 9.17) is 0 Å². The first-order valence-electron chi connectivity index (χ1n) is 9.45. The molecule has 0 atom stereocenters. The van der Waals surface area contributed by atoms with E-state index < -0.39 is 11.9 Å². The van der Waals surface area contributed by atoms with Crippen molar-refractivity contribution in [3.63, 3.8) is 0 Å². The van der Waals surface area contributed by atoms with Crippen LogP contribution in [-0.2, 0) is 16.1 Å². The zero-order chi connectivity index (χ0) is 21.1. The summed E-state index contributed by atoms with van der Waals surface area (Å²) in [6, 6.07) is 16.4. The highest BCUT2D eigenvalue weighted by Crippen LogP contribution is 2.25. The lowest BCUT2D eigenvalue weighted by Crippen LogP contribution is -2.30. The summed E-state index contributed by atoms with van der Waals surface area (Å²) in [5.41, 5.74) is 2.51. The van der Waals surface area contributed by atoms with Gasteiger partial charge in [-0.05, 0) is 24.3 Å². The fourth-order valence-electron chi connectivity index (χ4n) is 3.42. The molecule has 0 aliphatic carbocycles. The number of hydrogen-bond acceptors (Lipinski definition) is 3. The van der Waals surface area contributed by atoms with E-state index in [-0.39, 0.29) is 24.7 Å². The summed E-state index contributed by atoms with van der Waals surface area (Å²) >= 11 is 0. The maximum absolute atomic E-state index is 12.5. The normalized spacial score (nSPS) is 14.9. The molecule has 0 unspecified atom stereocenters. The zero-order valence-corrected chi connectivity index (χ0v) is 16.2. The molecule has 7 heteroatoms. The summed E-state index contributed by atoms with van der Waals surface area (Å²) in [6.07, 6.45) is 4.94. The number of para-hydroxylation sites is 2. The van der Waals surface area contributed by atoms with Crippen LogP contribution in [0.3, 0.4) is 0 Å². The van der Waals surface area contributed by atoms with Crippen LogP contribution < -0.4 is 10.6 Å². The van der Waals surface area contributed by atoms with E-state index in [1.165, 1.54) is 6.08 Å². The van der Waals surface area contributed by atoms with Gasteiger partial charge in [-0.1, -0.05) is 42.5 Å². The molecule has 1 aromatic heterocycles. The van der Waals surface area contributed by atoms with Crippen molar-refractivity contribution in [1.82, 2.24) is 14.8 Å². The van der Waals surface area contributed by atoms with Crippen LogP contribution in [0, 0.1) is 0 Å². The van der Waals surface area contributed by atoms with Crippen molar-refractivity contribution in [3.8, 4) is 0 Å². The zero-order valence-electron chi connectivity index (χ0n) is 16.2. The minimum atomic E-state index is -0.475. The molecule has 1 aliphatic heterocycles. The lowest BCUT2D eigenvalue weighted by molar-refractivity contribution is -0.122. The molecule has 7 nitrogen and oxygen atoms in total. The van der Waals surface area contributed by atoms with Crippen LogP contribution in [-0.4, -0.2) is 33.9 Å². The molecule has 3 aromatic rings. The van der Waals surface area contributed by atoms with Crippen LogP contribution in [0.15, 0.2) is 79.1 Å². The number of rotatable bonds is 6. The van der Waals surface area contributed by atoms with Gasteiger partial charge in [-0.25, -0.2) is 4.79 Å². The Morgan fingerprint density at radius 3 is 2.57 bits per heavy atom. The second-order valence-electron chi connectivity index (χ2n) is 6.84. The number of aromatic nitrogens is 1. The Morgan fingerprint density at radius 1 is 1.07 bits per heavy atom. The Hall–Kier alpha value is -4.13. The third kappa shape index (κ3) is 3.73. The van der Waals surface area contributed by atoms with Crippen molar-refractivity contribution in [3.05, 3.63) is 84.7 Å². The number of carbonyl (C=O) groups excluding carboxylic acids is 3. The molecule has 1 saturated heterocycles. The Balaban J connectivity index is 1.63. The van der Waals surface area contributed by atoms with Crippen LogP contribution in [0.25, 0.3) is 17.0 Å². The molecule has 150 valence electrons. The summed E-state index contributed by atoms with van der Waals surface area (Å²) in [5, 5.41) is 6.34. The summed E-state index contributed by atoms with van der Waals surface area (Å²) < 4.78 is 1.82. The van der Waals surface area contributed by atoms with Gasteiger partial charge in [0.05, 0.1) is 0 Å². The number of fused-ring (bicyclic) bond motifs is 1. The van der Waals surface area contributed by atoms with Crippen molar-refractivity contribution in [2.75, 3.05) is 11.9 Å². The van der Waals surface area contributed by atoms with Gasteiger partial charge in [-0.3, -0.25) is 14.5 Å². The highest BCUT2D eigenvalue weighted by molar-refractivity contribution is 6.14. The third-order valence-corrected chi connectivity index (χ3v) is 4.76. The molecule has 2 heterocycles. The molecule has 30 heavy (non-hydrogen) atoms. The van der Waals surface area contributed by atoms with Crippen LogP contribution in [0.4, 0.5) is 10.5 Å². The fourth-order valence-corrected chi connectivity index (χ4v) is 3.42. The van der Waals surface area contributed by atoms with E-state index in [2.05, 4.69) is 17.2 Å². The lowest BCUT2D eigenvalue weighted by atomic mass is 10.1. The van der Waals surface area contributed by atoms with Crippen molar-refractivity contribution in [2.45, 2.75) is 6.54 Å². The molecule has 2 N–H and O–H groups in total. The Bertz CT molecular complexity index is 1180. The summed E-state index contributed by atoms with van der Waals surface area (Å²) in [5.74, 6) is -0.567. The first kappa shape index (κ1) is 19.2. The molecule has 0 spiro atoms. The van der Waals surface area contributed by atoms with E-state index in [9.17, 15) is 14.4 Å². The molecule has 4 rings (SSSR count). The van der Waals surface area contributed by atoms with Crippen molar-refractivity contribution in [2.24, 2.45) is 0 Å². The van der Waals surface area contributed by atoms with Crippen molar-refractivity contribution < 1.29 is 14.4 Å². The maximum Gasteiger partial charge on any atom is 0.329 e. The Kier molecular flexibility index (Phi) is 5.17. The monoisotopic (exact) mass is 400 g/mol. The first-order valence-corrected chi connectivity index (χ1v) is 9.45. The van der Waals surface area contributed by atoms with Crippen LogP contribution in [0.2, 0.25) is 0 Å². The number of urea groups is 1. The third-order valence-electron chi connectivity index (χ3n) is 4.76. The number of imide groups is 1. The Morgan fingerprint density at radius 2 is 1.80 bits per heavy atom. The number of benzene rings is 2. The quantitative estimate of drug-likeness (QED) is 0.378. The van der Waals surface area contributed by atoms with Crippen LogP contribution in [0.1, 0.15) is 5.56 Å². The topological polar surface area (TPSA) is 83.4 Å². The van der Waals surface area contributed by atoms with E-state index in [0.29, 0.717) is 0 Å². The number of amides is 4. The number of nitrogens with zero attached hydrogens (tertiary/aromatic N) is 2. The largest absolute Gasteiger partial charge is 0.337 e. The van der Waals surface area contributed by atoms with E-state index >= 15 is 0 Å². The first-order chi connectivity index (χ1) is 14.6. The number of nitrogens with one attached hydrogen (secondary N) is 2. The molecule has 0 bridgehead atoms. The standard InChI is InChI=1S/C23H20N4O3/c1-2-12-27-22(29)19(25-23(27)30)13-16-14-26(20-11-7-6-10-18(16)20)15-21(28)24-17-8-4-3-5-9-17/h2-11,13-14H,1,12,15H2,(H,24,28)(H,25,30)/b19-13+. The van der Waals surface area contributed by atoms with Gasteiger partial charge in [0.1, 0.15) is 12.2 Å². The molecular formula is C23H20N4O3. The van der Waals surface area contributed by atoms with Gasteiger partial charge in [-0.15, -0.1) is 6.58 Å². The molecular weight excluding hydrogens is 380 g/mol. The van der Waals surface area contributed by atoms with Crippen molar-refractivity contribution in [1.29, 1.82) is 0 Å². The average Bonchev–Trinajstić information content (AvgIpc) is 3.21. The minimum absolute atomic E-state index is 0.113. The van der Waals surface area contributed by atoms with Crippen LogP contribution in [0.5, 0.6) is 0 Å². The number of anilines is 1. The molecule has 0 radical (unpaired) electrons. The summed E-state index contributed by atoms with van der Waals surface area (Å²) in [4.78, 5) is 38.1. The molecule has 0 saturated carbocycles. The summed E-state index contributed by atoms with van der Waals surface area (Å²) in [7, 11) is 0. The van der Waals surface area contributed by atoms with Gasteiger partial charge in [0.2, 0.25) is 5.91 Å². The molecule has 4 amide bonds. The second kappa shape index (κ2) is 8.08. The van der Waals surface area contributed by atoms with Crippen LogP contribution >= 0.6 is 0 Å². The molecule has 2 aromatic carbocycles. The molecule has 1 fully saturated rings. The highest BCUT2D eigenvalue weighted by atomic mass is 16.2. The van der Waals surface area contributed by atoms with Gasteiger partial charge in [-0.2, -0.15) is 0 Å². The van der Waals surface area contributed by atoms with Gasteiger partial charge in [0.15, 0.2) is 0 Å². The summed E-state index contributed by atoms with van der Waals surface area (Å²) in [6.45, 7) is 3.82. The lowest BCUT2D eigenvalue weighted by Gasteiger charge is -2.07. The smallest absolute Gasteiger partial charge is 0.329 e.